The van der Waals surface area contributed by atoms with Crippen LogP contribution in [0.4, 0.5) is 5.69 Å². The molecule has 0 aliphatic carbocycles. The predicted molar refractivity (Wildman–Crippen MR) is 76.8 cm³/mol. The van der Waals surface area contributed by atoms with Crippen molar-refractivity contribution < 1.29 is 8.42 Å². The Hall–Kier alpha value is -0.240. The second-order valence-electron chi connectivity index (χ2n) is 3.50. The van der Waals surface area contributed by atoms with Crippen LogP contribution in [0.1, 0.15) is 0 Å². The van der Waals surface area contributed by atoms with Gasteiger partial charge >= 0.3 is 0 Å². The second-order valence-corrected chi connectivity index (χ2v) is 7.42. The maximum Gasteiger partial charge on any atom is 0.244 e. The number of rotatable bonds is 5. The summed E-state index contributed by atoms with van der Waals surface area (Å²) in [7, 11) is -1.94. The Morgan fingerprint density at radius 1 is 1.47 bits per heavy atom. The molecular formula is C10H15BrN2O2S2. The quantitative estimate of drug-likeness (QED) is 0.834. The summed E-state index contributed by atoms with van der Waals surface area (Å²) in [6, 6.07) is 4.83. The van der Waals surface area contributed by atoms with Gasteiger partial charge in [0.1, 0.15) is 4.90 Å². The third-order valence-electron chi connectivity index (χ3n) is 2.27. The molecule has 0 bridgehead atoms. The largest absolute Gasteiger partial charge is 0.398 e. The van der Waals surface area contributed by atoms with Crippen LogP contribution < -0.4 is 5.73 Å². The van der Waals surface area contributed by atoms with E-state index in [1.807, 2.05) is 6.26 Å². The van der Waals surface area contributed by atoms with Crippen LogP contribution in [0.15, 0.2) is 27.6 Å². The van der Waals surface area contributed by atoms with Gasteiger partial charge in [0.05, 0.1) is 5.69 Å². The molecule has 0 saturated carbocycles. The molecular weight excluding hydrogens is 324 g/mol. The van der Waals surface area contributed by atoms with Crippen LogP contribution in [0.3, 0.4) is 0 Å². The lowest BCUT2D eigenvalue weighted by Crippen LogP contribution is -2.29. The van der Waals surface area contributed by atoms with Crippen molar-refractivity contribution in [2.24, 2.45) is 0 Å². The van der Waals surface area contributed by atoms with Crippen molar-refractivity contribution in [3.63, 3.8) is 0 Å². The highest BCUT2D eigenvalue weighted by atomic mass is 79.9. The molecule has 0 spiro atoms. The molecule has 0 aliphatic rings. The first kappa shape index (κ1) is 14.8. The molecule has 0 atom stereocenters. The fourth-order valence-electron chi connectivity index (χ4n) is 1.24. The van der Waals surface area contributed by atoms with Gasteiger partial charge < -0.3 is 5.73 Å². The number of benzene rings is 1. The highest BCUT2D eigenvalue weighted by Gasteiger charge is 2.22. The lowest BCUT2D eigenvalue weighted by atomic mass is 10.3. The highest BCUT2D eigenvalue weighted by Crippen LogP contribution is 2.25. The topological polar surface area (TPSA) is 63.4 Å². The van der Waals surface area contributed by atoms with E-state index in [1.54, 1.807) is 30.9 Å². The van der Waals surface area contributed by atoms with E-state index in [0.717, 1.165) is 5.75 Å². The standard InChI is InChI=1S/C10H15BrN2O2S2/c1-13(5-6-16-2)17(14,15)10-7-8(11)3-4-9(10)12/h3-4,7H,5-6,12H2,1-2H3. The zero-order chi connectivity index (χ0) is 13.1. The molecule has 0 unspecified atom stereocenters. The average Bonchev–Trinajstić information content (AvgIpc) is 2.28. The molecule has 0 aliphatic heterocycles. The van der Waals surface area contributed by atoms with Crippen molar-refractivity contribution in [1.29, 1.82) is 0 Å². The summed E-state index contributed by atoms with van der Waals surface area (Å²) in [5, 5.41) is 0. The van der Waals surface area contributed by atoms with Gasteiger partial charge in [-0.15, -0.1) is 0 Å². The average molecular weight is 339 g/mol. The molecule has 0 amide bonds. The molecule has 1 rings (SSSR count). The molecule has 0 saturated heterocycles. The molecule has 0 fully saturated rings. The van der Waals surface area contributed by atoms with Crippen LogP contribution in [0, 0.1) is 0 Å². The van der Waals surface area contributed by atoms with Gasteiger partial charge in [-0.05, 0) is 24.5 Å². The fourth-order valence-corrected chi connectivity index (χ4v) is 3.63. The Morgan fingerprint density at radius 2 is 2.12 bits per heavy atom. The van der Waals surface area contributed by atoms with Crippen LogP contribution in [0.2, 0.25) is 0 Å². The van der Waals surface area contributed by atoms with Crippen molar-refractivity contribution >= 4 is 43.4 Å². The fraction of sp³-hybridized carbons (Fsp3) is 0.400. The molecule has 2 N–H and O–H groups in total. The monoisotopic (exact) mass is 338 g/mol. The number of nitrogens with zero attached hydrogens (tertiary/aromatic N) is 1. The summed E-state index contributed by atoms with van der Waals surface area (Å²) in [5.74, 6) is 0.754. The summed E-state index contributed by atoms with van der Waals surface area (Å²) in [4.78, 5) is 0.149. The van der Waals surface area contributed by atoms with Gasteiger partial charge in [0.25, 0.3) is 0 Å². The minimum Gasteiger partial charge on any atom is -0.398 e. The van der Waals surface area contributed by atoms with Crippen LogP contribution in [-0.2, 0) is 10.0 Å². The van der Waals surface area contributed by atoms with Crippen LogP contribution in [-0.4, -0.2) is 38.3 Å². The number of nitrogens with two attached hydrogens (primary N) is 1. The summed E-state index contributed by atoms with van der Waals surface area (Å²) in [5.41, 5.74) is 5.98. The van der Waals surface area contributed by atoms with E-state index in [4.69, 9.17) is 5.73 Å². The normalized spacial score (nSPS) is 12.0. The molecule has 0 radical (unpaired) electrons. The van der Waals surface area contributed by atoms with Crippen molar-refractivity contribution in [3.05, 3.63) is 22.7 Å². The van der Waals surface area contributed by atoms with Crippen molar-refractivity contribution in [2.75, 3.05) is 31.3 Å². The van der Waals surface area contributed by atoms with Crippen LogP contribution in [0.5, 0.6) is 0 Å². The van der Waals surface area contributed by atoms with E-state index in [9.17, 15) is 8.42 Å². The summed E-state index contributed by atoms with van der Waals surface area (Å²) in [6.45, 7) is 0.468. The number of sulfonamides is 1. The Morgan fingerprint density at radius 3 is 2.71 bits per heavy atom. The third-order valence-corrected chi connectivity index (χ3v) is 5.27. The van der Waals surface area contributed by atoms with Crippen molar-refractivity contribution in [3.8, 4) is 0 Å². The first-order valence-corrected chi connectivity index (χ1v) is 8.52. The minimum absolute atomic E-state index is 0.149. The van der Waals surface area contributed by atoms with E-state index >= 15 is 0 Å². The first-order chi connectivity index (χ1) is 7.89. The Kier molecular flexibility index (Phi) is 5.30. The molecule has 4 nitrogen and oxygen atoms in total. The zero-order valence-electron chi connectivity index (χ0n) is 9.68. The van der Waals surface area contributed by atoms with Gasteiger partial charge in [-0.3, -0.25) is 0 Å². The van der Waals surface area contributed by atoms with Crippen LogP contribution >= 0.6 is 27.7 Å². The van der Waals surface area contributed by atoms with Gasteiger partial charge in [-0.25, -0.2) is 12.7 Å². The van der Waals surface area contributed by atoms with Gasteiger partial charge in [0.2, 0.25) is 10.0 Å². The van der Waals surface area contributed by atoms with Gasteiger partial charge in [-0.2, -0.15) is 11.8 Å². The lowest BCUT2D eigenvalue weighted by Gasteiger charge is -2.17. The number of hydrogen-bond acceptors (Lipinski definition) is 4. The van der Waals surface area contributed by atoms with E-state index in [0.29, 0.717) is 11.0 Å². The SMILES string of the molecule is CSCCN(C)S(=O)(=O)c1cc(Br)ccc1N. The molecule has 0 aromatic heterocycles. The number of hydrogen-bond donors (Lipinski definition) is 1. The predicted octanol–water partition coefficient (Wildman–Crippen LogP) is 2.01. The number of thioether (sulfide) groups is 1. The number of nitrogen functional groups attached to an aromatic ring is 1. The van der Waals surface area contributed by atoms with E-state index < -0.39 is 10.0 Å². The number of halogens is 1. The zero-order valence-corrected chi connectivity index (χ0v) is 12.9. The molecule has 7 heteroatoms. The van der Waals surface area contributed by atoms with Gasteiger partial charge in [0, 0.05) is 23.8 Å². The van der Waals surface area contributed by atoms with E-state index in [-0.39, 0.29) is 10.6 Å². The van der Waals surface area contributed by atoms with Gasteiger partial charge in [-0.1, -0.05) is 15.9 Å². The Balaban J connectivity index is 3.08. The molecule has 96 valence electrons. The maximum atomic E-state index is 12.2. The smallest absolute Gasteiger partial charge is 0.244 e. The molecule has 1 aromatic carbocycles. The Bertz CT molecular complexity index is 491. The lowest BCUT2D eigenvalue weighted by molar-refractivity contribution is 0.489. The van der Waals surface area contributed by atoms with Gasteiger partial charge in [0.15, 0.2) is 0 Å². The van der Waals surface area contributed by atoms with Crippen molar-refractivity contribution in [1.82, 2.24) is 4.31 Å². The summed E-state index contributed by atoms with van der Waals surface area (Å²) >= 11 is 4.85. The van der Waals surface area contributed by atoms with E-state index in [2.05, 4.69) is 15.9 Å². The highest BCUT2D eigenvalue weighted by molar-refractivity contribution is 9.10. The van der Waals surface area contributed by atoms with E-state index in [1.165, 1.54) is 10.4 Å². The molecule has 1 aromatic rings. The molecule has 17 heavy (non-hydrogen) atoms. The Labute approximate surface area is 115 Å². The van der Waals surface area contributed by atoms with Crippen molar-refractivity contribution in [2.45, 2.75) is 4.90 Å². The second kappa shape index (κ2) is 6.08. The first-order valence-electron chi connectivity index (χ1n) is 4.90. The molecule has 0 heterocycles. The third kappa shape index (κ3) is 3.61. The summed E-state index contributed by atoms with van der Waals surface area (Å²) < 4.78 is 26.5. The number of anilines is 1. The minimum atomic E-state index is -3.50. The van der Waals surface area contributed by atoms with Crippen LogP contribution in [0.25, 0.3) is 0 Å². The summed E-state index contributed by atoms with van der Waals surface area (Å²) in [6.07, 6.45) is 1.94. The maximum absolute atomic E-state index is 12.2.